The lowest BCUT2D eigenvalue weighted by atomic mass is 10.1. The monoisotopic (exact) mass is 546 g/mol. The molecule has 0 unspecified atom stereocenters. The number of carbonyl (C=O) groups is 1. The molecule has 0 saturated heterocycles. The molecule has 0 atom stereocenters. The number of aliphatic imine (C=N–C) groups is 1. The maximum atomic E-state index is 12.4. The van der Waals surface area contributed by atoms with Crippen LogP contribution in [-0.2, 0) is 16.1 Å². The van der Waals surface area contributed by atoms with Crippen LogP contribution in [0.25, 0.3) is 6.08 Å². The van der Waals surface area contributed by atoms with Crippen LogP contribution in [-0.4, -0.2) is 23.4 Å². The quantitative estimate of drug-likeness (QED) is 0.132. The third-order valence-corrected chi connectivity index (χ3v) is 5.79. The minimum atomic E-state index is -0.712. The minimum absolute atomic E-state index is 0.00670. The molecule has 3 aromatic rings. The van der Waals surface area contributed by atoms with Gasteiger partial charge in [0.2, 0.25) is 5.90 Å². The molecule has 0 spiro atoms. The second-order valence-electron chi connectivity index (χ2n) is 7.44. The van der Waals surface area contributed by atoms with Crippen molar-refractivity contribution in [1.82, 2.24) is 0 Å². The highest BCUT2D eigenvalue weighted by Crippen LogP contribution is 2.38. The average Bonchev–Trinajstić information content (AvgIpc) is 3.19. The van der Waals surface area contributed by atoms with Crippen molar-refractivity contribution in [3.05, 3.63) is 102 Å². The van der Waals surface area contributed by atoms with E-state index in [1.807, 2.05) is 19.1 Å². The predicted molar refractivity (Wildman–Crippen MR) is 137 cm³/mol. The average molecular weight is 548 g/mol. The fourth-order valence-corrected chi connectivity index (χ4v) is 3.94. The summed E-state index contributed by atoms with van der Waals surface area (Å²) in [4.78, 5) is 27.0. The smallest absolute Gasteiger partial charge is 0.363 e. The van der Waals surface area contributed by atoms with Crippen molar-refractivity contribution in [2.75, 3.05) is 6.61 Å². The van der Waals surface area contributed by atoms with E-state index in [4.69, 9.17) is 49.0 Å². The van der Waals surface area contributed by atoms with Gasteiger partial charge in [-0.3, -0.25) is 10.1 Å². The molecule has 11 heteroatoms. The number of rotatable bonds is 8. The van der Waals surface area contributed by atoms with Crippen molar-refractivity contribution in [3.63, 3.8) is 0 Å². The summed E-state index contributed by atoms with van der Waals surface area (Å²) in [6.45, 7) is 2.42. The number of benzene rings is 3. The van der Waals surface area contributed by atoms with Gasteiger partial charge < -0.3 is 14.2 Å². The van der Waals surface area contributed by atoms with Crippen molar-refractivity contribution in [2.24, 2.45) is 4.99 Å². The summed E-state index contributed by atoms with van der Waals surface area (Å²) in [6.07, 6.45) is 1.48. The molecule has 1 aliphatic heterocycles. The van der Waals surface area contributed by atoms with Crippen LogP contribution < -0.4 is 9.47 Å². The Morgan fingerprint density at radius 3 is 2.44 bits per heavy atom. The molecular formula is C25H17Cl3N2O6. The Balaban J connectivity index is 1.61. The summed E-state index contributed by atoms with van der Waals surface area (Å²) >= 11 is 18.6. The molecule has 1 heterocycles. The van der Waals surface area contributed by atoms with E-state index in [0.717, 1.165) is 11.6 Å². The number of ether oxygens (including phenoxy) is 3. The van der Waals surface area contributed by atoms with Gasteiger partial charge in [0.05, 0.1) is 27.1 Å². The number of hydrogen-bond donors (Lipinski definition) is 0. The molecule has 3 aromatic carbocycles. The van der Waals surface area contributed by atoms with E-state index < -0.39 is 10.9 Å². The number of non-ortho nitro benzene ring substituents is 1. The fourth-order valence-electron chi connectivity index (χ4n) is 3.28. The molecule has 0 fully saturated rings. The molecule has 0 aromatic heterocycles. The van der Waals surface area contributed by atoms with Crippen LogP contribution in [0.2, 0.25) is 15.1 Å². The van der Waals surface area contributed by atoms with E-state index in [9.17, 15) is 14.9 Å². The van der Waals surface area contributed by atoms with Crippen molar-refractivity contribution in [1.29, 1.82) is 0 Å². The Kier molecular flexibility index (Phi) is 7.79. The van der Waals surface area contributed by atoms with E-state index in [2.05, 4.69) is 4.99 Å². The van der Waals surface area contributed by atoms with Gasteiger partial charge in [0.25, 0.3) is 5.69 Å². The maximum absolute atomic E-state index is 12.4. The van der Waals surface area contributed by atoms with E-state index >= 15 is 0 Å². The van der Waals surface area contributed by atoms with Gasteiger partial charge >= 0.3 is 5.97 Å². The van der Waals surface area contributed by atoms with Gasteiger partial charge in [-0.1, -0.05) is 46.9 Å². The number of nitrogens with zero attached hydrogens (tertiary/aromatic N) is 2. The molecule has 1 aliphatic rings. The van der Waals surface area contributed by atoms with Crippen LogP contribution in [0.15, 0.2) is 65.3 Å². The molecule has 8 nitrogen and oxygen atoms in total. The fraction of sp³-hybridized carbons (Fsp3) is 0.120. The first kappa shape index (κ1) is 25.5. The third-order valence-electron chi connectivity index (χ3n) is 4.95. The molecule has 4 rings (SSSR count). The first-order valence-corrected chi connectivity index (χ1v) is 11.7. The molecule has 0 aliphatic carbocycles. The van der Waals surface area contributed by atoms with Gasteiger partial charge in [0.1, 0.15) is 6.61 Å². The Labute approximate surface area is 220 Å². The zero-order valence-electron chi connectivity index (χ0n) is 18.7. The number of cyclic esters (lactones) is 1. The summed E-state index contributed by atoms with van der Waals surface area (Å²) in [6, 6.07) is 14.3. The molecule has 36 heavy (non-hydrogen) atoms. The Hall–Kier alpha value is -3.59. The number of halogens is 3. The van der Waals surface area contributed by atoms with Crippen LogP contribution in [0, 0.1) is 10.1 Å². The highest BCUT2D eigenvalue weighted by atomic mass is 35.5. The first-order chi connectivity index (χ1) is 17.2. The highest BCUT2D eigenvalue weighted by Gasteiger charge is 2.27. The first-order valence-electron chi connectivity index (χ1n) is 10.6. The molecular weight excluding hydrogens is 531 g/mol. The van der Waals surface area contributed by atoms with Gasteiger partial charge in [0, 0.05) is 17.2 Å². The normalized spacial score (nSPS) is 13.9. The third kappa shape index (κ3) is 5.79. The number of nitro benzene ring substituents is 1. The van der Waals surface area contributed by atoms with Crippen LogP contribution in [0.4, 0.5) is 5.69 Å². The topological polar surface area (TPSA) is 100 Å². The van der Waals surface area contributed by atoms with E-state index in [-0.39, 0.29) is 39.5 Å². The zero-order valence-corrected chi connectivity index (χ0v) is 20.9. The standard InChI is InChI=1S/C25H17Cl3N2O6/c1-2-34-22-11-15(9-20(28)23(22)35-13-14-3-5-16(26)6-4-14)10-21-25(31)36-24(29-21)18-8-7-17(30(32)33)12-19(18)27/h3-12H,2,13H2,1H3/b21-10-. The summed E-state index contributed by atoms with van der Waals surface area (Å²) in [5, 5.41) is 11.9. The van der Waals surface area contributed by atoms with Gasteiger partial charge in [-0.2, -0.15) is 0 Å². The Bertz CT molecular complexity index is 1400. The molecule has 0 saturated carbocycles. The van der Waals surface area contributed by atoms with Crippen LogP contribution >= 0.6 is 34.8 Å². The molecule has 0 amide bonds. The summed E-state index contributed by atoms with van der Waals surface area (Å²) in [7, 11) is 0. The maximum Gasteiger partial charge on any atom is 0.363 e. The van der Waals surface area contributed by atoms with Crippen LogP contribution in [0.5, 0.6) is 11.5 Å². The predicted octanol–water partition coefficient (Wildman–Crippen LogP) is 6.88. The van der Waals surface area contributed by atoms with Gasteiger partial charge in [-0.05, 0) is 54.5 Å². The van der Waals surface area contributed by atoms with Crippen LogP contribution in [0.1, 0.15) is 23.6 Å². The summed E-state index contributed by atoms with van der Waals surface area (Å²) in [5.41, 5.74) is 1.46. The Morgan fingerprint density at radius 1 is 1.03 bits per heavy atom. The second kappa shape index (κ2) is 11.0. The van der Waals surface area contributed by atoms with Crippen molar-refractivity contribution in [3.8, 4) is 11.5 Å². The van der Waals surface area contributed by atoms with E-state index in [1.54, 1.807) is 24.3 Å². The SMILES string of the molecule is CCOc1cc(/C=C2\N=C(c3ccc([N+](=O)[O-])cc3Cl)OC2=O)cc(Cl)c1OCc1ccc(Cl)cc1. The summed E-state index contributed by atoms with van der Waals surface area (Å²) in [5.74, 6) is -0.0342. The highest BCUT2D eigenvalue weighted by molar-refractivity contribution is 6.35. The van der Waals surface area contributed by atoms with Crippen molar-refractivity contribution >= 4 is 58.4 Å². The minimum Gasteiger partial charge on any atom is -0.490 e. The van der Waals surface area contributed by atoms with Gasteiger partial charge in [-0.15, -0.1) is 0 Å². The second-order valence-corrected chi connectivity index (χ2v) is 8.69. The number of carbonyl (C=O) groups excluding carboxylic acids is 1. The summed E-state index contributed by atoms with van der Waals surface area (Å²) < 4.78 is 16.8. The Morgan fingerprint density at radius 2 is 1.78 bits per heavy atom. The zero-order chi connectivity index (χ0) is 25.8. The molecule has 0 bridgehead atoms. The number of hydrogen-bond acceptors (Lipinski definition) is 7. The largest absolute Gasteiger partial charge is 0.490 e. The lowest BCUT2D eigenvalue weighted by molar-refractivity contribution is -0.384. The molecule has 0 N–H and O–H groups in total. The van der Waals surface area contributed by atoms with Crippen molar-refractivity contribution < 1.29 is 23.9 Å². The van der Waals surface area contributed by atoms with Gasteiger partial charge in [0.15, 0.2) is 17.2 Å². The lowest BCUT2D eigenvalue weighted by Gasteiger charge is -2.14. The number of nitro groups is 1. The molecule has 184 valence electrons. The number of esters is 1. The van der Waals surface area contributed by atoms with Crippen molar-refractivity contribution in [2.45, 2.75) is 13.5 Å². The lowest BCUT2D eigenvalue weighted by Crippen LogP contribution is -2.06. The molecule has 0 radical (unpaired) electrons. The van der Waals surface area contributed by atoms with E-state index in [0.29, 0.717) is 28.7 Å². The van der Waals surface area contributed by atoms with E-state index in [1.165, 1.54) is 18.2 Å². The van der Waals surface area contributed by atoms with Gasteiger partial charge in [-0.25, -0.2) is 9.79 Å². The van der Waals surface area contributed by atoms with Crippen LogP contribution in [0.3, 0.4) is 0 Å².